The van der Waals surface area contributed by atoms with Crippen molar-refractivity contribution in [1.29, 1.82) is 0 Å². The smallest absolute Gasteiger partial charge is 0.265 e. The molecular formula is C17H15BrFNO2. The molecule has 0 spiro atoms. The Morgan fingerprint density at radius 2 is 2.14 bits per heavy atom. The van der Waals surface area contributed by atoms with Gasteiger partial charge in [0.2, 0.25) is 0 Å². The highest BCUT2D eigenvalue weighted by atomic mass is 79.9. The number of hydrogen-bond acceptors (Lipinski definition) is 2. The number of carbonyl (C=O) groups excluding carboxylic acids is 1. The van der Waals surface area contributed by atoms with E-state index >= 15 is 0 Å². The number of hydrogen-bond donors (Lipinski definition) is 0. The first-order valence-corrected chi connectivity index (χ1v) is 7.83. The van der Waals surface area contributed by atoms with Crippen molar-refractivity contribution in [2.24, 2.45) is 0 Å². The molecule has 0 N–H and O–H groups in total. The van der Waals surface area contributed by atoms with Crippen molar-refractivity contribution in [2.75, 3.05) is 11.5 Å². The molecule has 0 aromatic heterocycles. The predicted molar refractivity (Wildman–Crippen MR) is 86.7 cm³/mol. The summed E-state index contributed by atoms with van der Waals surface area (Å²) in [5, 5.41) is 0. The van der Waals surface area contributed by atoms with Gasteiger partial charge in [0, 0.05) is 16.2 Å². The lowest BCUT2D eigenvalue weighted by atomic mass is 10.1. The highest BCUT2D eigenvalue weighted by Crippen LogP contribution is 2.32. The Kier molecular flexibility index (Phi) is 4.16. The average molecular weight is 364 g/mol. The zero-order valence-corrected chi connectivity index (χ0v) is 13.6. The number of benzene rings is 2. The van der Waals surface area contributed by atoms with E-state index in [9.17, 15) is 9.18 Å². The van der Waals surface area contributed by atoms with Gasteiger partial charge in [0.25, 0.3) is 5.91 Å². The fourth-order valence-electron chi connectivity index (χ4n) is 2.75. The van der Waals surface area contributed by atoms with Crippen molar-refractivity contribution in [1.82, 2.24) is 0 Å². The molecule has 1 aliphatic rings. The van der Waals surface area contributed by atoms with E-state index in [-0.39, 0.29) is 24.3 Å². The van der Waals surface area contributed by atoms with E-state index < -0.39 is 5.82 Å². The molecule has 0 unspecified atom stereocenters. The van der Waals surface area contributed by atoms with Crippen LogP contribution in [0.1, 0.15) is 12.5 Å². The minimum atomic E-state index is -0.489. The number of rotatable bonds is 3. The molecule has 3 nitrogen and oxygen atoms in total. The molecule has 0 aliphatic carbocycles. The number of halogens is 2. The largest absolute Gasteiger partial charge is 0.481 e. The lowest BCUT2D eigenvalue weighted by molar-refractivity contribution is -0.120. The summed E-state index contributed by atoms with van der Waals surface area (Å²) >= 11 is 3.19. The van der Waals surface area contributed by atoms with Gasteiger partial charge in [-0.25, -0.2) is 4.39 Å². The Labute approximate surface area is 136 Å². The Bertz CT molecular complexity index is 720. The molecule has 5 heteroatoms. The van der Waals surface area contributed by atoms with Crippen molar-refractivity contribution >= 4 is 27.5 Å². The predicted octanol–water partition coefficient (Wildman–Crippen LogP) is 3.94. The van der Waals surface area contributed by atoms with E-state index in [1.54, 1.807) is 11.0 Å². The van der Waals surface area contributed by atoms with Gasteiger partial charge in [0.15, 0.2) is 18.2 Å². The summed E-state index contributed by atoms with van der Waals surface area (Å²) in [5.41, 5.74) is 2.07. The van der Waals surface area contributed by atoms with Crippen LogP contribution in [0.3, 0.4) is 0 Å². The maximum Gasteiger partial charge on any atom is 0.265 e. The van der Waals surface area contributed by atoms with E-state index in [0.717, 1.165) is 17.7 Å². The summed E-state index contributed by atoms with van der Waals surface area (Å²) in [7, 11) is 0. The summed E-state index contributed by atoms with van der Waals surface area (Å²) in [6, 6.07) is 12.4. The minimum absolute atomic E-state index is 0.0803. The maximum absolute atomic E-state index is 13.7. The molecule has 2 aromatic carbocycles. The molecule has 2 aromatic rings. The summed E-state index contributed by atoms with van der Waals surface area (Å²) in [6.07, 6.45) is 0.828. The van der Waals surface area contributed by atoms with Gasteiger partial charge in [-0.05, 0) is 43.2 Å². The van der Waals surface area contributed by atoms with Crippen LogP contribution in [0.5, 0.6) is 5.75 Å². The average Bonchev–Trinajstić information content (AvgIpc) is 2.82. The number of para-hydroxylation sites is 1. The molecule has 1 amide bonds. The van der Waals surface area contributed by atoms with Gasteiger partial charge in [-0.15, -0.1) is 0 Å². The molecule has 22 heavy (non-hydrogen) atoms. The lowest BCUT2D eigenvalue weighted by Gasteiger charge is -2.22. The zero-order valence-electron chi connectivity index (χ0n) is 12.1. The Hall–Kier alpha value is -1.88. The topological polar surface area (TPSA) is 29.5 Å². The fourth-order valence-corrected chi connectivity index (χ4v) is 3.08. The number of anilines is 1. The molecule has 1 atom stereocenters. The fraction of sp³-hybridized carbons (Fsp3) is 0.235. The molecule has 0 saturated carbocycles. The SMILES string of the molecule is C[C@H]1Cc2ccccc2N1C(=O)COc1ccc(Br)cc1F. The molecule has 0 fully saturated rings. The van der Waals surface area contributed by atoms with Crippen molar-refractivity contribution in [3.8, 4) is 5.75 Å². The third-order valence-corrected chi connectivity index (χ3v) is 4.21. The second-order valence-corrected chi connectivity index (χ2v) is 6.22. The number of carbonyl (C=O) groups is 1. The summed E-state index contributed by atoms with van der Waals surface area (Å²) in [5.74, 6) is -0.575. The van der Waals surface area contributed by atoms with Crippen molar-refractivity contribution in [3.63, 3.8) is 0 Å². The molecule has 114 valence electrons. The van der Waals surface area contributed by atoms with Crippen LogP contribution >= 0.6 is 15.9 Å². The normalized spacial score (nSPS) is 16.5. The van der Waals surface area contributed by atoms with Crippen LogP contribution in [-0.4, -0.2) is 18.6 Å². The van der Waals surface area contributed by atoms with Gasteiger partial charge < -0.3 is 9.64 Å². The number of nitrogens with zero attached hydrogens (tertiary/aromatic N) is 1. The second-order valence-electron chi connectivity index (χ2n) is 5.31. The molecule has 0 bridgehead atoms. The molecule has 0 radical (unpaired) electrons. The Balaban J connectivity index is 1.72. The summed E-state index contributed by atoms with van der Waals surface area (Å²) < 4.78 is 19.7. The molecule has 0 saturated heterocycles. The first-order valence-electron chi connectivity index (χ1n) is 7.04. The molecule has 1 heterocycles. The molecule has 1 aliphatic heterocycles. The van der Waals surface area contributed by atoms with E-state index in [2.05, 4.69) is 15.9 Å². The zero-order chi connectivity index (χ0) is 15.7. The third-order valence-electron chi connectivity index (χ3n) is 3.72. The molecule has 3 rings (SSSR count). The van der Waals surface area contributed by atoms with Crippen LogP contribution in [0, 0.1) is 5.82 Å². The van der Waals surface area contributed by atoms with Crippen LogP contribution in [-0.2, 0) is 11.2 Å². The first-order chi connectivity index (χ1) is 10.6. The van der Waals surface area contributed by atoms with Gasteiger partial charge in [-0.3, -0.25) is 4.79 Å². The monoisotopic (exact) mass is 363 g/mol. The summed E-state index contributed by atoms with van der Waals surface area (Å²) in [4.78, 5) is 14.2. The number of fused-ring (bicyclic) bond motifs is 1. The van der Waals surface area contributed by atoms with Crippen LogP contribution in [0.15, 0.2) is 46.9 Å². The highest BCUT2D eigenvalue weighted by molar-refractivity contribution is 9.10. The van der Waals surface area contributed by atoms with Crippen molar-refractivity contribution < 1.29 is 13.9 Å². The second kappa shape index (κ2) is 6.08. The highest BCUT2D eigenvalue weighted by Gasteiger charge is 2.30. The van der Waals surface area contributed by atoms with E-state index in [0.29, 0.717) is 4.47 Å². The third kappa shape index (κ3) is 2.86. The Morgan fingerprint density at radius 1 is 1.36 bits per heavy atom. The maximum atomic E-state index is 13.7. The number of amides is 1. The van der Waals surface area contributed by atoms with E-state index in [1.165, 1.54) is 12.1 Å². The van der Waals surface area contributed by atoms with E-state index in [4.69, 9.17) is 4.74 Å². The quantitative estimate of drug-likeness (QED) is 0.826. The van der Waals surface area contributed by atoms with Gasteiger partial charge in [-0.1, -0.05) is 34.1 Å². The minimum Gasteiger partial charge on any atom is -0.481 e. The standard InChI is InChI=1S/C17H15BrFNO2/c1-11-8-12-4-2-3-5-15(12)20(11)17(21)10-22-16-7-6-13(18)9-14(16)19/h2-7,9,11H,8,10H2,1H3/t11-/m0/s1. The van der Waals surface area contributed by atoms with Crippen LogP contribution in [0.2, 0.25) is 0 Å². The van der Waals surface area contributed by atoms with E-state index in [1.807, 2.05) is 31.2 Å². The van der Waals surface area contributed by atoms with Crippen LogP contribution in [0.4, 0.5) is 10.1 Å². The van der Waals surface area contributed by atoms with Gasteiger partial charge in [0.05, 0.1) is 0 Å². The van der Waals surface area contributed by atoms with Crippen molar-refractivity contribution in [2.45, 2.75) is 19.4 Å². The summed E-state index contributed by atoms with van der Waals surface area (Å²) in [6.45, 7) is 1.81. The van der Waals surface area contributed by atoms with Gasteiger partial charge in [0.1, 0.15) is 0 Å². The van der Waals surface area contributed by atoms with Crippen LogP contribution < -0.4 is 9.64 Å². The lowest BCUT2D eigenvalue weighted by Crippen LogP contribution is -2.39. The molecular weight excluding hydrogens is 349 g/mol. The number of ether oxygens (including phenoxy) is 1. The van der Waals surface area contributed by atoms with Gasteiger partial charge in [-0.2, -0.15) is 0 Å². The Morgan fingerprint density at radius 3 is 2.91 bits per heavy atom. The van der Waals surface area contributed by atoms with Crippen molar-refractivity contribution in [3.05, 3.63) is 58.3 Å². The first kappa shape index (κ1) is 15.0. The van der Waals surface area contributed by atoms with Crippen LogP contribution in [0.25, 0.3) is 0 Å². The van der Waals surface area contributed by atoms with Gasteiger partial charge >= 0.3 is 0 Å².